The van der Waals surface area contributed by atoms with E-state index in [-0.39, 0.29) is 36.5 Å². The van der Waals surface area contributed by atoms with Gasteiger partial charge in [-0.15, -0.1) is 24.0 Å². The number of hydrogen-bond donors (Lipinski definition) is 2. The maximum Gasteiger partial charge on any atom is 0.325 e. The fourth-order valence-electron chi connectivity index (χ4n) is 1.67. The molecule has 0 aliphatic rings. The molecular formula is C16H25ClIN3O2. The molecule has 0 atom stereocenters. The number of rotatable bonds is 5. The standard InChI is InChI=1S/C16H24ClN3O2.HI/c1-5-18-15(20-11-14(21)22-16(2,3)4)19-10-12-8-6-7-9-13(12)17;/h6-9H,5,10-11H2,1-4H3,(H2,18,19,20);1H. The topological polar surface area (TPSA) is 62.7 Å². The minimum absolute atomic E-state index is 0. The number of carbonyl (C=O) groups is 1. The molecule has 0 aliphatic carbocycles. The zero-order valence-electron chi connectivity index (χ0n) is 14.0. The summed E-state index contributed by atoms with van der Waals surface area (Å²) in [6.45, 7) is 8.66. The smallest absolute Gasteiger partial charge is 0.325 e. The SMILES string of the molecule is CCNC(=NCc1ccccc1Cl)NCC(=O)OC(C)(C)C.I. The van der Waals surface area contributed by atoms with E-state index in [4.69, 9.17) is 16.3 Å². The van der Waals surface area contributed by atoms with E-state index in [0.29, 0.717) is 24.1 Å². The van der Waals surface area contributed by atoms with Crippen LogP contribution in [0.2, 0.25) is 5.02 Å². The molecule has 1 aromatic rings. The van der Waals surface area contributed by atoms with Crippen LogP contribution in [0.5, 0.6) is 0 Å². The van der Waals surface area contributed by atoms with Gasteiger partial charge in [0, 0.05) is 11.6 Å². The Bertz CT molecular complexity index is 530. The number of carbonyl (C=O) groups excluding carboxylic acids is 1. The van der Waals surface area contributed by atoms with Gasteiger partial charge in [-0.2, -0.15) is 0 Å². The quantitative estimate of drug-likeness (QED) is 0.311. The summed E-state index contributed by atoms with van der Waals surface area (Å²) >= 11 is 6.10. The first-order valence-electron chi connectivity index (χ1n) is 7.29. The number of benzene rings is 1. The highest BCUT2D eigenvalue weighted by Gasteiger charge is 2.16. The number of guanidine groups is 1. The van der Waals surface area contributed by atoms with Gasteiger partial charge in [0.05, 0.1) is 6.54 Å². The lowest BCUT2D eigenvalue weighted by atomic mass is 10.2. The second-order valence-corrected chi connectivity index (χ2v) is 6.13. The van der Waals surface area contributed by atoms with Gasteiger partial charge < -0.3 is 15.4 Å². The van der Waals surface area contributed by atoms with E-state index in [1.807, 2.05) is 52.0 Å². The van der Waals surface area contributed by atoms with E-state index in [0.717, 1.165) is 5.56 Å². The lowest BCUT2D eigenvalue weighted by Crippen LogP contribution is -2.41. The van der Waals surface area contributed by atoms with Crippen LogP contribution < -0.4 is 10.6 Å². The number of ether oxygens (including phenoxy) is 1. The van der Waals surface area contributed by atoms with Crippen molar-refractivity contribution >= 4 is 47.5 Å². The van der Waals surface area contributed by atoms with E-state index >= 15 is 0 Å². The van der Waals surface area contributed by atoms with Crippen molar-refractivity contribution in [2.24, 2.45) is 4.99 Å². The minimum atomic E-state index is -0.494. The average molecular weight is 454 g/mol. The highest BCUT2D eigenvalue weighted by atomic mass is 127. The molecule has 0 amide bonds. The predicted octanol–water partition coefficient (Wildman–Crippen LogP) is 3.35. The average Bonchev–Trinajstić information content (AvgIpc) is 2.41. The van der Waals surface area contributed by atoms with Crippen LogP contribution in [0.4, 0.5) is 0 Å². The van der Waals surface area contributed by atoms with Crippen molar-refractivity contribution in [3.8, 4) is 0 Å². The van der Waals surface area contributed by atoms with Gasteiger partial charge in [-0.05, 0) is 39.3 Å². The molecule has 0 fully saturated rings. The molecule has 0 unspecified atom stereocenters. The normalized spacial score (nSPS) is 11.4. The summed E-state index contributed by atoms with van der Waals surface area (Å²) in [5.74, 6) is 0.226. The second kappa shape index (κ2) is 10.7. The van der Waals surface area contributed by atoms with Crippen molar-refractivity contribution in [3.63, 3.8) is 0 Å². The van der Waals surface area contributed by atoms with E-state index in [9.17, 15) is 4.79 Å². The summed E-state index contributed by atoms with van der Waals surface area (Å²) in [4.78, 5) is 16.1. The molecule has 7 heteroatoms. The first-order chi connectivity index (χ1) is 10.3. The predicted molar refractivity (Wildman–Crippen MR) is 106 cm³/mol. The van der Waals surface area contributed by atoms with Crippen molar-refractivity contribution in [2.75, 3.05) is 13.1 Å². The van der Waals surface area contributed by atoms with Gasteiger partial charge in [-0.3, -0.25) is 4.79 Å². The molecule has 130 valence electrons. The molecule has 0 spiro atoms. The van der Waals surface area contributed by atoms with E-state index in [1.165, 1.54) is 0 Å². The lowest BCUT2D eigenvalue weighted by Gasteiger charge is -2.20. The highest BCUT2D eigenvalue weighted by Crippen LogP contribution is 2.15. The van der Waals surface area contributed by atoms with Crippen LogP contribution in [0, 0.1) is 0 Å². The second-order valence-electron chi connectivity index (χ2n) is 5.73. The fraction of sp³-hybridized carbons (Fsp3) is 0.500. The van der Waals surface area contributed by atoms with Crippen LogP contribution in [0.25, 0.3) is 0 Å². The van der Waals surface area contributed by atoms with Crippen LogP contribution in [0.15, 0.2) is 29.3 Å². The Morgan fingerprint density at radius 1 is 1.26 bits per heavy atom. The Morgan fingerprint density at radius 2 is 1.91 bits per heavy atom. The molecule has 0 saturated carbocycles. The van der Waals surface area contributed by atoms with E-state index in [1.54, 1.807) is 0 Å². The summed E-state index contributed by atoms with van der Waals surface area (Å²) in [5.41, 5.74) is 0.435. The van der Waals surface area contributed by atoms with Gasteiger partial charge in [0.15, 0.2) is 5.96 Å². The van der Waals surface area contributed by atoms with Crippen molar-refractivity contribution in [3.05, 3.63) is 34.9 Å². The molecule has 1 rings (SSSR count). The molecule has 0 radical (unpaired) electrons. The third kappa shape index (κ3) is 9.65. The van der Waals surface area contributed by atoms with Gasteiger partial charge in [0.2, 0.25) is 0 Å². The molecular weight excluding hydrogens is 429 g/mol. The van der Waals surface area contributed by atoms with E-state index < -0.39 is 5.60 Å². The van der Waals surface area contributed by atoms with Gasteiger partial charge in [0.1, 0.15) is 12.1 Å². The third-order valence-electron chi connectivity index (χ3n) is 2.53. The van der Waals surface area contributed by atoms with Gasteiger partial charge in [0.25, 0.3) is 0 Å². The molecule has 23 heavy (non-hydrogen) atoms. The summed E-state index contributed by atoms with van der Waals surface area (Å²) in [6.07, 6.45) is 0. The monoisotopic (exact) mass is 453 g/mol. The molecule has 0 saturated heterocycles. The van der Waals surface area contributed by atoms with Crippen LogP contribution in [0.1, 0.15) is 33.3 Å². The molecule has 0 bridgehead atoms. The van der Waals surface area contributed by atoms with Crippen LogP contribution >= 0.6 is 35.6 Å². The number of aliphatic imine (C=N–C) groups is 1. The molecule has 0 heterocycles. The summed E-state index contributed by atoms with van der Waals surface area (Å²) < 4.78 is 5.24. The summed E-state index contributed by atoms with van der Waals surface area (Å²) in [6, 6.07) is 7.54. The number of nitrogens with one attached hydrogen (secondary N) is 2. The molecule has 2 N–H and O–H groups in total. The Labute approximate surface area is 160 Å². The van der Waals surface area contributed by atoms with Gasteiger partial charge >= 0.3 is 5.97 Å². The third-order valence-corrected chi connectivity index (χ3v) is 2.90. The lowest BCUT2D eigenvalue weighted by molar-refractivity contribution is -0.153. The maximum atomic E-state index is 11.7. The number of esters is 1. The highest BCUT2D eigenvalue weighted by molar-refractivity contribution is 14.0. The van der Waals surface area contributed by atoms with Crippen LogP contribution in [-0.4, -0.2) is 30.6 Å². The zero-order valence-corrected chi connectivity index (χ0v) is 17.1. The van der Waals surface area contributed by atoms with Crippen molar-refractivity contribution < 1.29 is 9.53 Å². The van der Waals surface area contributed by atoms with E-state index in [2.05, 4.69) is 15.6 Å². The summed E-state index contributed by atoms with van der Waals surface area (Å²) in [7, 11) is 0. The molecule has 5 nitrogen and oxygen atoms in total. The Hall–Kier alpha value is -1.02. The number of nitrogens with zero attached hydrogens (tertiary/aromatic N) is 1. The van der Waals surface area contributed by atoms with Crippen molar-refractivity contribution in [1.82, 2.24) is 10.6 Å². The zero-order chi connectivity index (χ0) is 16.6. The first kappa shape index (κ1) is 22.0. The van der Waals surface area contributed by atoms with Gasteiger partial charge in [-0.25, -0.2) is 4.99 Å². The molecule has 0 aliphatic heterocycles. The molecule has 1 aromatic carbocycles. The fourth-order valence-corrected chi connectivity index (χ4v) is 1.86. The first-order valence-corrected chi connectivity index (χ1v) is 7.67. The molecule has 0 aromatic heterocycles. The van der Waals surface area contributed by atoms with Crippen LogP contribution in [-0.2, 0) is 16.1 Å². The number of hydrogen-bond acceptors (Lipinski definition) is 3. The Balaban J connectivity index is 0.00000484. The van der Waals surface area contributed by atoms with Crippen molar-refractivity contribution in [1.29, 1.82) is 0 Å². The minimum Gasteiger partial charge on any atom is -0.459 e. The largest absolute Gasteiger partial charge is 0.459 e. The maximum absolute atomic E-state index is 11.7. The van der Waals surface area contributed by atoms with Crippen LogP contribution in [0.3, 0.4) is 0 Å². The summed E-state index contributed by atoms with van der Waals surface area (Å²) in [5, 5.41) is 6.71. The van der Waals surface area contributed by atoms with Gasteiger partial charge in [-0.1, -0.05) is 29.8 Å². The Kier molecular flexibility index (Phi) is 10.2. The van der Waals surface area contributed by atoms with Crippen molar-refractivity contribution in [2.45, 2.75) is 39.8 Å². The Morgan fingerprint density at radius 3 is 2.48 bits per heavy atom. The number of halogens is 2.